The van der Waals surface area contributed by atoms with E-state index in [1.807, 2.05) is 34.1 Å². The summed E-state index contributed by atoms with van der Waals surface area (Å²) in [7, 11) is 5.17. The number of unbranched alkanes of at least 4 members (excludes halogenated alkanes) is 1. The van der Waals surface area contributed by atoms with Crippen LogP contribution in [0.4, 0.5) is 0 Å². The number of likely N-dealkylation sites (N-methyl/N-ethyl adjacent to an activating group) is 1. The zero-order valence-electron chi connectivity index (χ0n) is 21.2. The summed E-state index contributed by atoms with van der Waals surface area (Å²) in [6.07, 6.45) is 3.65. The van der Waals surface area contributed by atoms with Gasteiger partial charge in [-0.25, -0.2) is 0 Å². The minimum atomic E-state index is -0.328. The normalized spacial score (nSPS) is 21.8. The van der Waals surface area contributed by atoms with Crippen LogP contribution in [0.1, 0.15) is 50.6 Å². The van der Waals surface area contributed by atoms with Crippen molar-refractivity contribution in [2.75, 3.05) is 60.5 Å². The third-order valence-corrected chi connectivity index (χ3v) is 6.99. The number of amides is 3. The maximum atomic E-state index is 13.9. The monoisotopic (exact) mass is 472 g/mol. The first kappa shape index (κ1) is 26.0. The lowest BCUT2D eigenvalue weighted by molar-refractivity contribution is -0.148. The highest BCUT2D eigenvalue weighted by atomic mass is 16.5. The lowest BCUT2D eigenvalue weighted by atomic mass is 9.82. The van der Waals surface area contributed by atoms with Crippen LogP contribution in [0, 0.1) is 5.92 Å². The van der Waals surface area contributed by atoms with Crippen molar-refractivity contribution >= 4 is 17.7 Å². The molecule has 3 amide bonds. The van der Waals surface area contributed by atoms with Gasteiger partial charge < -0.3 is 19.4 Å². The SMILES string of the molecule is CCCCN1C(=O)CCC(C(=O)N2CCCN(CC(=O)N(C)C)CC2)C1c1ccccc1OC. The fourth-order valence-electron chi connectivity index (χ4n) is 5.02. The van der Waals surface area contributed by atoms with E-state index in [0.29, 0.717) is 51.3 Å². The number of para-hydroxylation sites is 1. The quantitative estimate of drug-likeness (QED) is 0.581. The maximum absolute atomic E-state index is 13.9. The molecule has 2 aliphatic heterocycles. The summed E-state index contributed by atoms with van der Waals surface area (Å²) >= 11 is 0. The lowest BCUT2D eigenvalue weighted by Crippen LogP contribution is -2.50. The van der Waals surface area contributed by atoms with Crippen LogP contribution in [0.2, 0.25) is 0 Å². The van der Waals surface area contributed by atoms with E-state index in [1.54, 1.807) is 26.1 Å². The molecule has 0 radical (unpaired) electrons. The first-order valence-corrected chi connectivity index (χ1v) is 12.5. The predicted molar refractivity (Wildman–Crippen MR) is 131 cm³/mol. The van der Waals surface area contributed by atoms with Crippen LogP contribution in [0.25, 0.3) is 0 Å². The van der Waals surface area contributed by atoms with E-state index in [0.717, 1.165) is 31.4 Å². The third kappa shape index (κ3) is 6.09. The van der Waals surface area contributed by atoms with Crippen LogP contribution in [-0.4, -0.2) is 97.8 Å². The zero-order chi connectivity index (χ0) is 24.7. The van der Waals surface area contributed by atoms with Crippen molar-refractivity contribution in [1.82, 2.24) is 19.6 Å². The Morgan fingerprint density at radius 1 is 1.12 bits per heavy atom. The van der Waals surface area contributed by atoms with E-state index in [1.165, 1.54) is 0 Å². The molecule has 0 N–H and O–H groups in total. The first-order valence-electron chi connectivity index (χ1n) is 12.5. The second-order valence-corrected chi connectivity index (χ2v) is 9.52. The van der Waals surface area contributed by atoms with Crippen molar-refractivity contribution in [2.24, 2.45) is 5.92 Å². The molecule has 34 heavy (non-hydrogen) atoms. The highest BCUT2D eigenvalue weighted by Gasteiger charge is 2.43. The minimum Gasteiger partial charge on any atom is -0.496 e. The largest absolute Gasteiger partial charge is 0.496 e. The van der Waals surface area contributed by atoms with Crippen molar-refractivity contribution < 1.29 is 19.1 Å². The molecule has 2 heterocycles. The molecule has 0 aromatic heterocycles. The summed E-state index contributed by atoms with van der Waals surface area (Å²) < 4.78 is 5.65. The smallest absolute Gasteiger partial charge is 0.236 e. The molecule has 2 unspecified atom stereocenters. The van der Waals surface area contributed by atoms with Crippen LogP contribution < -0.4 is 4.74 Å². The van der Waals surface area contributed by atoms with Gasteiger partial charge in [-0.2, -0.15) is 0 Å². The maximum Gasteiger partial charge on any atom is 0.236 e. The van der Waals surface area contributed by atoms with E-state index in [9.17, 15) is 14.4 Å². The lowest BCUT2D eigenvalue weighted by Gasteiger charge is -2.42. The minimum absolute atomic E-state index is 0.0772. The molecule has 188 valence electrons. The van der Waals surface area contributed by atoms with Gasteiger partial charge in [0, 0.05) is 58.8 Å². The molecule has 1 aromatic rings. The van der Waals surface area contributed by atoms with Gasteiger partial charge in [0.05, 0.1) is 25.6 Å². The second kappa shape index (κ2) is 12.2. The van der Waals surface area contributed by atoms with Crippen molar-refractivity contribution in [1.29, 1.82) is 0 Å². The van der Waals surface area contributed by atoms with Gasteiger partial charge >= 0.3 is 0 Å². The number of carbonyl (C=O) groups excluding carboxylic acids is 3. The standard InChI is InChI=1S/C26H40N4O4/c1-5-6-16-30-23(31)13-12-21(25(30)20-10-7-8-11-22(20)34-4)26(33)29-15-9-14-28(17-18-29)19-24(32)27(2)3/h7-8,10-11,21,25H,5-6,9,12-19H2,1-4H3. The summed E-state index contributed by atoms with van der Waals surface area (Å²) in [6, 6.07) is 7.42. The highest BCUT2D eigenvalue weighted by Crippen LogP contribution is 2.41. The van der Waals surface area contributed by atoms with Gasteiger partial charge in [0.15, 0.2) is 0 Å². The summed E-state index contributed by atoms with van der Waals surface area (Å²) in [6.45, 7) is 5.87. The molecule has 0 bridgehead atoms. The number of piperidine rings is 1. The van der Waals surface area contributed by atoms with E-state index >= 15 is 0 Å². The molecular formula is C26H40N4O4. The van der Waals surface area contributed by atoms with Crippen LogP contribution >= 0.6 is 0 Å². The van der Waals surface area contributed by atoms with Crippen molar-refractivity contribution in [2.45, 2.75) is 45.1 Å². The molecular weight excluding hydrogens is 432 g/mol. The Balaban J connectivity index is 1.83. The van der Waals surface area contributed by atoms with Gasteiger partial charge in [-0.15, -0.1) is 0 Å². The first-order chi connectivity index (χ1) is 16.4. The molecule has 8 nitrogen and oxygen atoms in total. The molecule has 0 aliphatic carbocycles. The fraction of sp³-hybridized carbons (Fsp3) is 0.654. The van der Waals surface area contributed by atoms with Gasteiger partial charge in [-0.1, -0.05) is 31.5 Å². The average Bonchev–Trinajstić information content (AvgIpc) is 3.08. The number of benzene rings is 1. The Hall–Kier alpha value is -2.61. The number of ether oxygens (including phenoxy) is 1. The highest BCUT2D eigenvalue weighted by molar-refractivity contribution is 5.85. The molecule has 2 aliphatic rings. The Labute approximate surface area is 203 Å². The van der Waals surface area contributed by atoms with Crippen LogP contribution in [-0.2, 0) is 14.4 Å². The van der Waals surface area contributed by atoms with E-state index in [-0.39, 0.29) is 29.7 Å². The third-order valence-electron chi connectivity index (χ3n) is 6.99. The van der Waals surface area contributed by atoms with Crippen LogP contribution in [0.3, 0.4) is 0 Å². The van der Waals surface area contributed by atoms with E-state index in [4.69, 9.17) is 4.74 Å². The Morgan fingerprint density at radius 3 is 2.59 bits per heavy atom. The van der Waals surface area contributed by atoms with Gasteiger partial charge in [-0.3, -0.25) is 19.3 Å². The number of hydrogen-bond acceptors (Lipinski definition) is 5. The van der Waals surface area contributed by atoms with Crippen molar-refractivity contribution in [3.63, 3.8) is 0 Å². The summed E-state index contributed by atoms with van der Waals surface area (Å²) in [5.74, 6) is 0.697. The number of likely N-dealkylation sites (tertiary alicyclic amines) is 1. The van der Waals surface area contributed by atoms with E-state index in [2.05, 4.69) is 11.8 Å². The van der Waals surface area contributed by atoms with Gasteiger partial charge in [-0.05, 0) is 25.3 Å². The molecule has 2 fully saturated rings. The molecule has 8 heteroatoms. The van der Waals surface area contributed by atoms with E-state index < -0.39 is 0 Å². The number of rotatable bonds is 8. The number of methoxy groups -OCH3 is 1. The second-order valence-electron chi connectivity index (χ2n) is 9.52. The van der Waals surface area contributed by atoms with Gasteiger partial charge in [0.2, 0.25) is 17.7 Å². The molecule has 0 saturated carbocycles. The number of carbonyl (C=O) groups is 3. The number of hydrogen-bond donors (Lipinski definition) is 0. The Morgan fingerprint density at radius 2 is 1.88 bits per heavy atom. The summed E-state index contributed by atoms with van der Waals surface area (Å²) in [5.41, 5.74) is 0.903. The topological polar surface area (TPSA) is 73.4 Å². The summed E-state index contributed by atoms with van der Waals surface area (Å²) in [4.78, 5) is 46.7. The average molecular weight is 473 g/mol. The molecule has 0 spiro atoms. The number of nitrogens with zero attached hydrogens (tertiary/aromatic N) is 4. The van der Waals surface area contributed by atoms with Crippen molar-refractivity contribution in [3.05, 3.63) is 29.8 Å². The molecule has 2 saturated heterocycles. The van der Waals surface area contributed by atoms with Crippen molar-refractivity contribution in [3.8, 4) is 5.75 Å². The molecule has 1 aromatic carbocycles. The van der Waals surface area contributed by atoms with Crippen LogP contribution in [0.5, 0.6) is 5.75 Å². The van der Waals surface area contributed by atoms with Crippen LogP contribution in [0.15, 0.2) is 24.3 Å². The Bertz CT molecular complexity index is 859. The van der Waals surface area contributed by atoms with Gasteiger partial charge in [0.1, 0.15) is 5.75 Å². The zero-order valence-corrected chi connectivity index (χ0v) is 21.2. The predicted octanol–water partition coefficient (Wildman–Crippen LogP) is 2.40. The summed E-state index contributed by atoms with van der Waals surface area (Å²) in [5, 5.41) is 0. The molecule has 3 rings (SSSR count). The Kier molecular flexibility index (Phi) is 9.33. The fourth-order valence-corrected chi connectivity index (χ4v) is 5.02. The molecule has 2 atom stereocenters. The van der Waals surface area contributed by atoms with Gasteiger partial charge in [0.25, 0.3) is 0 Å².